The summed E-state index contributed by atoms with van der Waals surface area (Å²) in [7, 11) is 0. The van der Waals surface area contributed by atoms with Crippen LogP contribution in [0.1, 0.15) is 67.6 Å². The normalized spacial score (nSPS) is 17.8. The first-order valence-corrected chi connectivity index (χ1v) is 12.2. The van der Waals surface area contributed by atoms with Crippen molar-refractivity contribution in [2.45, 2.75) is 57.6 Å². The maximum atomic E-state index is 14.1. The van der Waals surface area contributed by atoms with E-state index in [1.165, 1.54) is 56.6 Å². The molecule has 0 spiro atoms. The van der Waals surface area contributed by atoms with Crippen molar-refractivity contribution in [2.24, 2.45) is 0 Å². The minimum atomic E-state index is -2.79. The zero-order valence-corrected chi connectivity index (χ0v) is 20.3. The highest BCUT2D eigenvalue weighted by atomic mass is 35.5. The number of nitrogens with zero attached hydrogens (tertiary/aromatic N) is 6. The Labute approximate surface area is 210 Å². The molecule has 36 heavy (non-hydrogen) atoms. The van der Waals surface area contributed by atoms with Gasteiger partial charge in [-0.2, -0.15) is 5.10 Å². The van der Waals surface area contributed by atoms with E-state index >= 15 is 0 Å². The van der Waals surface area contributed by atoms with E-state index in [0.717, 1.165) is 19.1 Å². The Morgan fingerprint density at radius 2 is 1.94 bits per heavy atom. The molecule has 4 aromatic rings. The topological polar surface area (TPSA) is 78.6 Å². The molecule has 188 valence electrons. The maximum Gasteiger partial charge on any atom is 0.282 e. The Morgan fingerprint density at radius 3 is 2.64 bits per heavy atom. The number of benzene rings is 1. The molecular formula is C25H24ClF3N6O. The van der Waals surface area contributed by atoms with Crippen molar-refractivity contribution in [3.05, 3.63) is 64.7 Å². The highest BCUT2D eigenvalue weighted by Gasteiger charge is 2.26. The van der Waals surface area contributed by atoms with E-state index in [0.29, 0.717) is 12.1 Å². The molecule has 4 heterocycles. The van der Waals surface area contributed by atoms with E-state index < -0.39 is 17.9 Å². The van der Waals surface area contributed by atoms with E-state index in [9.17, 15) is 13.2 Å². The van der Waals surface area contributed by atoms with Crippen LogP contribution in [0.3, 0.4) is 0 Å². The molecule has 1 aromatic carbocycles. The molecule has 2 fully saturated rings. The van der Waals surface area contributed by atoms with Crippen LogP contribution in [-0.2, 0) is 4.74 Å². The number of aromatic nitrogens is 6. The molecule has 1 atom stereocenters. The van der Waals surface area contributed by atoms with Gasteiger partial charge in [0.05, 0.1) is 24.0 Å². The third kappa shape index (κ3) is 5.34. The smallest absolute Gasteiger partial charge is 0.282 e. The van der Waals surface area contributed by atoms with E-state index in [1.54, 1.807) is 0 Å². The Bertz CT molecular complexity index is 1370. The summed E-state index contributed by atoms with van der Waals surface area (Å²) < 4.78 is 47.9. The summed E-state index contributed by atoms with van der Waals surface area (Å²) in [4.78, 5) is 15.7. The number of aryl methyl sites for hydroxylation is 1. The zero-order chi connectivity index (χ0) is 25.2. The predicted octanol–water partition coefficient (Wildman–Crippen LogP) is 6.58. The van der Waals surface area contributed by atoms with E-state index in [2.05, 4.69) is 35.9 Å². The first kappa shape index (κ1) is 24.6. The summed E-state index contributed by atoms with van der Waals surface area (Å²) in [6.45, 7) is 2.33. The molecule has 1 aliphatic heterocycles. The number of alkyl halides is 2. The summed E-state index contributed by atoms with van der Waals surface area (Å²) in [5.74, 6) is -0.631. The van der Waals surface area contributed by atoms with Crippen LogP contribution in [0.25, 0.3) is 22.4 Å². The second kappa shape index (κ2) is 10.5. The number of rotatable bonds is 4. The molecule has 1 saturated carbocycles. The standard InChI is InChI=1S/C14H8ClF3N4.C11H16N2O/c1-6-10(13(17)18)22-12-11(19-5-20-14(12)21-6)8-3-2-7(15)4-9(8)16;1-2-6-14-11(3-1)9-7-12-13(8-9)10-4-5-10/h2-5,13H,1H3;7-8,10-11H,1-6H2. The van der Waals surface area contributed by atoms with Gasteiger partial charge in [-0.1, -0.05) is 11.6 Å². The molecular weight excluding hydrogens is 493 g/mol. The Hall–Kier alpha value is -3.11. The quantitative estimate of drug-likeness (QED) is 0.304. The maximum absolute atomic E-state index is 14.1. The lowest BCUT2D eigenvalue weighted by atomic mass is 10.0. The Balaban J connectivity index is 0.000000163. The van der Waals surface area contributed by atoms with E-state index in [4.69, 9.17) is 16.3 Å². The van der Waals surface area contributed by atoms with Crippen LogP contribution in [0.5, 0.6) is 0 Å². The number of halogens is 4. The average molecular weight is 517 g/mol. The van der Waals surface area contributed by atoms with Crippen LogP contribution < -0.4 is 0 Å². The van der Waals surface area contributed by atoms with Crippen LogP contribution in [0.15, 0.2) is 36.9 Å². The summed E-state index contributed by atoms with van der Waals surface area (Å²) in [6, 6.07) is 4.68. The molecule has 0 bridgehead atoms. The van der Waals surface area contributed by atoms with E-state index in [-0.39, 0.29) is 33.1 Å². The highest BCUT2D eigenvalue weighted by Crippen LogP contribution is 2.36. The van der Waals surface area contributed by atoms with Gasteiger partial charge in [-0.05, 0) is 57.2 Å². The number of hydrogen-bond donors (Lipinski definition) is 0. The van der Waals surface area contributed by atoms with Crippen molar-refractivity contribution in [3.8, 4) is 11.3 Å². The molecule has 11 heteroatoms. The van der Waals surface area contributed by atoms with Crippen molar-refractivity contribution >= 4 is 22.8 Å². The zero-order valence-electron chi connectivity index (χ0n) is 19.5. The molecule has 1 aliphatic carbocycles. The number of fused-ring (bicyclic) bond motifs is 1. The van der Waals surface area contributed by atoms with Gasteiger partial charge in [-0.15, -0.1) is 0 Å². The van der Waals surface area contributed by atoms with Crippen LogP contribution in [-0.4, -0.2) is 36.3 Å². The van der Waals surface area contributed by atoms with Gasteiger partial charge in [-0.3, -0.25) is 4.68 Å². The van der Waals surface area contributed by atoms with Gasteiger partial charge in [0.2, 0.25) is 0 Å². The van der Waals surface area contributed by atoms with Gasteiger partial charge in [-0.25, -0.2) is 33.1 Å². The van der Waals surface area contributed by atoms with E-state index in [1.807, 2.05) is 6.20 Å². The van der Waals surface area contributed by atoms with Crippen molar-refractivity contribution in [1.82, 2.24) is 29.7 Å². The van der Waals surface area contributed by atoms with Gasteiger partial charge in [0.1, 0.15) is 29.0 Å². The lowest BCUT2D eigenvalue weighted by Gasteiger charge is -2.21. The summed E-state index contributed by atoms with van der Waals surface area (Å²) in [5.41, 5.74) is 1.20. The first-order chi connectivity index (χ1) is 17.4. The van der Waals surface area contributed by atoms with Crippen molar-refractivity contribution in [3.63, 3.8) is 0 Å². The molecule has 0 amide bonds. The molecule has 2 aliphatic rings. The lowest BCUT2D eigenvalue weighted by Crippen LogP contribution is -2.10. The van der Waals surface area contributed by atoms with Gasteiger partial charge in [0.15, 0.2) is 5.65 Å². The number of ether oxygens (including phenoxy) is 1. The fraction of sp³-hybridized carbons (Fsp3) is 0.400. The largest absolute Gasteiger partial charge is 0.373 e. The van der Waals surface area contributed by atoms with Gasteiger partial charge >= 0.3 is 0 Å². The van der Waals surface area contributed by atoms with Crippen LogP contribution in [0.4, 0.5) is 13.2 Å². The Kier molecular flexibility index (Phi) is 7.15. The summed E-state index contributed by atoms with van der Waals surface area (Å²) in [5, 5.41) is 4.61. The third-order valence-electron chi connectivity index (χ3n) is 6.17. The second-order valence-corrected chi connectivity index (χ2v) is 9.29. The summed E-state index contributed by atoms with van der Waals surface area (Å²) in [6.07, 6.45) is 9.13. The van der Waals surface area contributed by atoms with Gasteiger partial charge < -0.3 is 4.74 Å². The first-order valence-electron chi connectivity index (χ1n) is 11.8. The minimum absolute atomic E-state index is 0.0182. The van der Waals surface area contributed by atoms with Gasteiger partial charge in [0.25, 0.3) is 6.43 Å². The van der Waals surface area contributed by atoms with Crippen LogP contribution >= 0.6 is 11.6 Å². The minimum Gasteiger partial charge on any atom is -0.373 e. The third-order valence-corrected chi connectivity index (χ3v) is 6.40. The molecule has 1 unspecified atom stereocenters. The van der Waals surface area contributed by atoms with Crippen LogP contribution in [0.2, 0.25) is 5.02 Å². The highest BCUT2D eigenvalue weighted by molar-refractivity contribution is 6.30. The van der Waals surface area contributed by atoms with Crippen LogP contribution in [0, 0.1) is 12.7 Å². The summed E-state index contributed by atoms with van der Waals surface area (Å²) >= 11 is 5.71. The molecule has 0 N–H and O–H groups in total. The lowest BCUT2D eigenvalue weighted by molar-refractivity contribution is 0.0149. The molecule has 3 aromatic heterocycles. The second-order valence-electron chi connectivity index (χ2n) is 8.85. The fourth-order valence-electron chi connectivity index (χ4n) is 4.12. The van der Waals surface area contributed by atoms with Crippen molar-refractivity contribution < 1.29 is 17.9 Å². The number of hydrogen-bond acceptors (Lipinski definition) is 6. The molecule has 7 nitrogen and oxygen atoms in total. The Morgan fingerprint density at radius 1 is 1.11 bits per heavy atom. The molecule has 0 radical (unpaired) electrons. The molecule has 6 rings (SSSR count). The van der Waals surface area contributed by atoms with Crippen molar-refractivity contribution in [1.29, 1.82) is 0 Å². The monoisotopic (exact) mass is 516 g/mol. The average Bonchev–Trinajstić information content (AvgIpc) is 3.60. The fourth-order valence-corrected chi connectivity index (χ4v) is 4.28. The van der Waals surface area contributed by atoms with Crippen molar-refractivity contribution in [2.75, 3.05) is 6.61 Å². The SMILES string of the molecule is Cc1nc2ncnc(-c3ccc(Cl)cc3F)c2nc1C(F)F.c1nn(C2CC2)cc1C1CCCCO1. The molecule has 1 saturated heterocycles. The predicted molar refractivity (Wildman–Crippen MR) is 128 cm³/mol. The van der Waals surface area contributed by atoms with Gasteiger partial charge in [0, 0.05) is 29.0 Å².